The molecule has 1 aromatic carbocycles. The van der Waals surface area contributed by atoms with Gasteiger partial charge in [-0.1, -0.05) is 6.92 Å². The van der Waals surface area contributed by atoms with Crippen LogP contribution in [-0.2, 0) is 12.8 Å². The van der Waals surface area contributed by atoms with Crippen molar-refractivity contribution in [3.63, 3.8) is 0 Å². The third kappa shape index (κ3) is 3.83. The van der Waals surface area contributed by atoms with Crippen molar-refractivity contribution in [2.45, 2.75) is 26.2 Å². The van der Waals surface area contributed by atoms with Crippen LogP contribution in [-0.4, -0.2) is 26.0 Å². The molecule has 1 aliphatic carbocycles. The van der Waals surface area contributed by atoms with Gasteiger partial charge in [0.05, 0.1) is 19.1 Å². The molecular weight excluding hydrogens is 352 g/mol. The van der Waals surface area contributed by atoms with E-state index < -0.39 is 5.91 Å². The van der Waals surface area contributed by atoms with Crippen molar-refractivity contribution in [1.82, 2.24) is 10.9 Å². The summed E-state index contributed by atoms with van der Waals surface area (Å²) in [5.74, 6) is 0.913. The first kappa shape index (κ1) is 18.3. The minimum atomic E-state index is -0.422. The summed E-state index contributed by atoms with van der Waals surface area (Å²) < 4.78 is 10.3. The van der Waals surface area contributed by atoms with Crippen molar-refractivity contribution in [3.05, 3.63) is 45.1 Å². The number of carbonyl (C=O) groups excluding carboxylic acids is 2. The molecule has 2 aromatic rings. The Morgan fingerprint density at radius 2 is 1.81 bits per heavy atom. The van der Waals surface area contributed by atoms with Gasteiger partial charge in [-0.2, -0.15) is 0 Å². The Hall–Kier alpha value is -2.54. The Kier molecular flexibility index (Phi) is 5.46. The summed E-state index contributed by atoms with van der Waals surface area (Å²) in [6.07, 6.45) is 3.19. The molecule has 6 nitrogen and oxygen atoms in total. The van der Waals surface area contributed by atoms with Crippen LogP contribution in [0.3, 0.4) is 0 Å². The van der Waals surface area contributed by atoms with Gasteiger partial charge in [0, 0.05) is 10.4 Å². The number of benzene rings is 1. The molecule has 0 aliphatic heterocycles. The summed E-state index contributed by atoms with van der Waals surface area (Å²) in [4.78, 5) is 26.5. The number of hydrazine groups is 1. The number of hydrogen-bond acceptors (Lipinski definition) is 5. The predicted octanol–water partition coefficient (Wildman–Crippen LogP) is 2.96. The van der Waals surface area contributed by atoms with Crippen LogP contribution in [0.15, 0.2) is 24.3 Å². The molecular formula is C19H22N2O4S. The smallest absolute Gasteiger partial charge is 0.279 e. The van der Waals surface area contributed by atoms with E-state index in [1.807, 2.05) is 6.07 Å². The SMILES string of the molecule is COc1ccc(C(=O)NNC(=O)c2cc3c(s2)CCC(C)C3)cc1OC. The highest BCUT2D eigenvalue weighted by Gasteiger charge is 2.21. The molecule has 3 rings (SSSR count). The Labute approximate surface area is 156 Å². The van der Waals surface area contributed by atoms with Gasteiger partial charge < -0.3 is 9.47 Å². The molecule has 0 bridgehead atoms. The lowest BCUT2D eigenvalue weighted by Gasteiger charge is -2.16. The second-order valence-corrected chi connectivity index (χ2v) is 7.52. The molecule has 26 heavy (non-hydrogen) atoms. The highest BCUT2D eigenvalue weighted by molar-refractivity contribution is 7.14. The molecule has 1 heterocycles. The van der Waals surface area contributed by atoms with E-state index in [2.05, 4.69) is 17.8 Å². The minimum Gasteiger partial charge on any atom is -0.493 e. The average molecular weight is 374 g/mol. The average Bonchev–Trinajstić information content (AvgIpc) is 3.08. The van der Waals surface area contributed by atoms with Crippen LogP contribution >= 0.6 is 11.3 Å². The maximum absolute atomic E-state index is 12.3. The van der Waals surface area contributed by atoms with Gasteiger partial charge in [0.1, 0.15) is 0 Å². The number of ether oxygens (including phenoxy) is 2. The lowest BCUT2D eigenvalue weighted by atomic mass is 9.90. The molecule has 138 valence electrons. The van der Waals surface area contributed by atoms with Crippen molar-refractivity contribution in [1.29, 1.82) is 0 Å². The number of thiophene rings is 1. The minimum absolute atomic E-state index is 0.300. The number of fused-ring (bicyclic) bond motifs is 1. The summed E-state index contributed by atoms with van der Waals surface area (Å²) >= 11 is 1.50. The monoisotopic (exact) mass is 374 g/mol. The van der Waals surface area contributed by atoms with Crippen LogP contribution in [0.2, 0.25) is 0 Å². The summed E-state index contributed by atoms with van der Waals surface area (Å²) in [5, 5.41) is 0. The summed E-state index contributed by atoms with van der Waals surface area (Å²) in [5.41, 5.74) is 6.55. The number of amides is 2. The van der Waals surface area contributed by atoms with Gasteiger partial charge in [0.15, 0.2) is 11.5 Å². The molecule has 2 N–H and O–H groups in total. The van der Waals surface area contributed by atoms with Crippen LogP contribution < -0.4 is 20.3 Å². The Bertz CT molecular complexity index is 831. The van der Waals surface area contributed by atoms with Gasteiger partial charge in [-0.25, -0.2) is 0 Å². The van der Waals surface area contributed by atoms with Gasteiger partial charge in [0.25, 0.3) is 11.8 Å². The van der Waals surface area contributed by atoms with E-state index in [4.69, 9.17) is 9.47 Å². The highest BCUT2D eigenvalue weighted by atomic mass is 32.1. The molecule has 7 heteroatoms. The zero-order valence-corrected chi connectivity index (χ0v) is 15.9. The molecule has 0 saturated carbocycles. The maximum Gasteiger partial charge on any atom is 0.279 e. The molecule has 0 saturated heterocycles. The van der Waals surface area contributed by atoms with Crippen molar-refractivity contribution < 1.29 is 19.1 Å². The van der Waals surface area contributed by atoms with Gasteiger partial charge in [-0.05, 0) is 55.0 Å². The zero-order valence-electron chi connectivity index (χ0n) is 15.0. The number of methoxy groups -OCH3 is 2. The molecule has 0 spiro atoms. The summed E-state index contributed by atoms with van der Waals surface area (Å²) in [6.45, 7) is 2.23. The fourth-order valence-electron chi connectivity index (χ4n) is 3.04. The molecule has 1 aromatic heterocycles. The van der Waals surface area contributed by atoms with E-state index in [0.29, 0.717) is 27.9 Å². The number of hydrogen-bond donors (Lipinski definition) is 2. The fourth-order valence-corrected chi connectivity index (χ4v) is 4.15. The topological polar surface area (TPSA) is 76.7 Å². The van der Waals surface area contributed by atoms with Crippen molar-refractivity contribution in [2.24, 2.45) is 5.92 Å². The van der Waals surface area contributed by atoms with Gasteiger partial charge >= 0.3 is 0 Å². The van der Waals surface area contributed by atoms with Gasteiger partial charge in [-0.3, -0.25) is 20.4 Å². The lowest BCUT2D eigenvalue weighted by molar-refractivity contribution is 0.0848. The summed E-state index contributed by atoms with van der Waals surface area (Å²) in [7, 11) is 3.03. The lowest BCUT2D eigenvalue weighted by Crippen LogP contribution is -2.41. The quantitative estimate of drug-likeness (QED) is 0.807. The first-order valence-electron chi connectivity index (χ1n) is 8.46. The van der Waals surface area contributed by atoms with Crippen LogP contribution in [0.4, 0.5) is 0 Å². The van der Waals surface area contributed by atoms with E-state index in [-0.39, 0.29) is 5.91 Å². The Morgan fingerprint density at radius 3 is 2.54 bits per heavy atom. The van der Waals surface area contributed by atoms with Crippen molar-refractivity contribution in [3.8, 4) is 11.5 Å². The number of nitrogens with one attached hydrogen (secondary N) is 2. The van der Waals surface area contributed by atoms with Crippen LogP contribution in [0.5, 0.6) is 11.5 Å². The third-order valence-electron chi connectivity index (χ3n) is 4.49. The standard InChI is InChI=1S/C19H22N2O4S/c1-11-4-7-16-13(8-11)10-17(26-16)19(23)21-20-18(22)12-5-6-14(24-2)15(9-12)25-3/h5-6,9-11H,4,7-8H2,1-3H3,(H,20,22)(H,21,23). The first-order chi connectivity index (χ1) is 12.5. The highest BCUT2D eigenvalue weighted by Crippen LogP contribution is 2.32. The second-order valence-electron chi connectivity index (χ2n) is 6.39. The van der Waals surface area contributed by atoms with E-state index in [1.165, 1.54) is 36.0 Å². The molecule has 1 aliphatic rings. The zero-order chi connectivity index (χ0) is 18.7. The third-order valence-corrected chi connectivity index (χ3v) is 5.72. The van der Waals surface area contributed by atoms with E-state index in [1.54, 1.807) is 18.2 Å². The molecule has 0 fully saturated rings. The molecule has 1 atom stereocenters. The largest absolute Gasteiger partial charge is 0.493 e. The molecule has 1 unspecified atom stereocenters. The van der Waals surface area contributed by atoms with Crippen LogP contribution in [0.1, 0.15) is 43.8 Å². The number of carbonyl (C=O) groups is 2. The van der Waals surface area contributed by atoms with Gasteiger partial charge in [0.2, 0.25) is 0 Å². The van der Waals surface area contributed by atoms with E-state index in [0.717, 1.165) is 19.3 Å². The van der Waals surface area contributed by atoms with Crippen LogP contribution in [0.25, 0.3) is 0 Å². The fraction of sp³-hybridized carbons (Fsp3) is 0.368. The number of aryl methyl sites for hydroxylation is 1. The normalized spacial score (nSPS) is 15.7. The van der Waals surface area contributed by atoms with E-state index >= 15 is 0 Å². The van der Waals surface area contributed by atoms with Crippen molar-refractivity contribution in [2.75, 3.05) is 14.2 Å². The molecule has 0 radical (unpaired) electrons. The van der Waals surface area contributed by atoms with Gasteiger partial charge in [-0.15, -0.1) is 11.3 Å². The summed E-state index contributed by atoms with van der Waals surface area (Å²) in [6, 6.07) is 6.75. The molecule has 2 amide bonds. The van der Waals surface area contributed by atoms with Crippen molar-refractivity contribution >= 4 is 23.2 Å². The number of rotatable bonds is 4. The Morgan fingerprint density at radius 1 is 1.08 bits per heavy atom. The second kappa shape index (κ2) is 7.78. The maximum atomic E-state index is 12.3. The van der Waals surface area contributed by atoms with Crippen LogP contribution in [0, 0.1) is 5.92 Å². The Balaban J connectivity index is 1.63. The van der Waals surface area contributed by atoms with E-state index in [9.17, 15) is 9.59 Å². The first-order valence-corrected chi connectivity index (χ1v) is 9.27. The predicted molar refractivity (Wildman–Crippen MR) is 100.0 cm³/mol.